The Morgan fingerprint density at radius 1 is 1.56 bits per heavy atom. The van der Waals surface area contributed by atoms with Crippen LogP contribution in [0.2, 0.25) is 0 Å². The molecule has 0 saturated carbocycles. The number of thiazole rings is 1. The third-order valence-corrected chi connectivity index (χ3v) is 3.79. The fourth-order valence-electron chi connectivity index (χ4n) is 1.99. The predicted molar refractivity (Wildman–Crippen MR) is 69.3 cm³/mol. The molecule has 2 heterocycles. The van der Waals surface area contributed by atoms with Crippen molar-refractivity contribution in [2.75, 3.05) is 13.7 Å². The minimum Gasteiger partial charge on any atom is -0.477 e. The molecule has 0 saturated heterocycles. The minimum atomic E-state index is -0.130. The van der Waals surface area contributed by atoms with Gasteiger partial charge in [-0.2, -0.15) is 8.97 Å². The Balaban J connectivity index is 2.55. The topological polar surface area (TPSA) is 54.8 Å². The SMILES string of the molecule is CCc1c(O)[n+](CCCOC)c2sccn2c1=O. The lowest BCUT2D eigenvalue weighted by Gasteiger charge is -2.06. The summed E-state index contributed by atoms with van der Waals surface area (Å²) in [5.74, 6) is 0.0843. The Morgan fingerprint density at radius 2 is 2.33 bits per heavy atom. The number of aromatic nitrogens is 2. The van der Waals surface area contributed by atoms with Crippen LogP contribution in [0.4, 0.5) is 0 Å². The van der Waals surface area contributed by atoms with Gasteiger partial charge in [-0.1, -0.05) is 18.3 Å². The van der Waals surface area contributed by atoms with E-state index in [1.165, 1.54) is 11.3 Å². The number of aryl methyl sites for hydroxylation is 1. The summed E-state index contributed by atoms with van der Waals surface area (Å²) in [7, 11) is 1.65. The highest BCUT2D eigenvalue weighted by Gasteiger charge is 2.23. The summed E-state index contributed by atoms with van der Waals surface area (Å²) < 4.78 is 8.39. The van der Waals surface area contributed by atoms with Gasteiger partial charge in [-0.15, -0.1) is 0 Å². The van der Waals surface area contributed by atoms with Crippen LogP contribution >= 0.6 is 11.3 Å². The molecule has 0 atom stereocenters. The quantitative estimate of drug-likeness (QED) is 0.649. The normalized spacial score (nSPS) is 11.2. The number of aromatic hydroxyl groups is 1. The van der Waals surface area contributed by atoms with Gasteiger partial charge in [0.25, 0.3) is 5.88 Å². The maximum absolute atomic E-state index is 12.1. The Kier molecular flexibility index (Phi) is 3.98. The Bertz CT molecular complexity index is 603. The Labute approximate surface area is 109 Å². The average molecular weight is 269 g/mol. The van der Waals surface area contributed by atoms with Crippen LogP contribution in [0.15, 0.2) is 16.4 Å². The zero-order valence-electron chi connectivity index (χ0n) is 10.5. The van der Waals surface area contributed by atoms with Gasteiger partial charge in [-0.05, 0) is 6.42 Å². The zero-order valence-corrected chi connectivity index (χ0v) is 11.4. The van der Waals surface area contributed by atoms with E-state index in [0.717, 1.165) is 11.4 Å². The van der Waals surface area contributed by atoms with E-state index in [-0.39, 0.29) is 11.4 Å². The molecule has 0 radical (unpaired) electrons. The summed E-state index contributed by atoms with van der Waals surface area (Å²) in [6.45, 7) is 3.14. The fourth-order valence-corrected chi connectivity index (χ4v) is 2.86. The van der Waals surface area contributed by atoms with Gasteiger partial charge < -0.3 is 9.84 Å². The molecule has 5 nitrogen and oxygen atoms in total. The van der Waals surface area contributed by atoms with Crippen molar-refractivity contribution < 1.29 is 14.4 Å². The highest BCUT2D eigenvalue weighted by Crippen LogP contribution is 2.13. The smallest absolute Gasteiger partial charge is 0.351 e. The molecule has 1 N–H and O–H groups in total. The molecule has 0 aliphatic heterocycles. The molecule has 0 aliphatic carbocycles. The predicted octanol–water partition coefficient (Wildman–Crippen LogP) is 0.953. The molecule has 98 valence electrons. The number of hydrogen-bond donors (Lipinski definition) is 1. The Morgan fingerprint density at radius 3 is 3.00 bits per heavy atom. The number of hydrogen-bond acceptors (Lipinski definition) is 4. The maximum atomic E-state index is 12.1. The van der Waals surface area contributed by atoms with Gasteiger partial charge in [0.1, 0.15) is 11.8 Å². The van der Waals surface area contributed by atoms with Crippen molar-refractivity contribution >= 4 is 16.3 Å². The summed E-state index contributed by atoms with van der Waals surface area (Å²) in [4.78, 5) is 12.9. The van der Waals surface area contributed by atoms with Crippen LogP contribution in [0.5, 0.6) is 5.88 Å². The highest BCUT2D eigenvalue weighted by atomic mass is 32.1. The molecule has 2 aromatic heterocycles. The van der Waals surface area contributed by atoms with Crippen LogP contribution in [-0.2, 0) is 17.7 Å². The van der Waals surface area contributed by atoms with Crippen molar-refractivity contribution in [1.29, 1.82) is 0 Å². The van der Waals surface area contributed by atoms with Crippen LogP contribution in [0.3, 0.4) is 0 Å². The third-order valence-electron chi connectivity index (χ3n) is 2.91. The molecule has 0 bridgehead atoms. The van der Waals surface area contributed by atoms with Gasteiger partial charge in [-0.25, -0.2) is 4.79 Å². The van der Waals surface area contributed by atoms with Gasteiger partial charge in [0.15, 0.2) is 0 Å². The van der Waals surface area contributed by atoms with Crippen LogP contribution in [0.25, 0.3) is 4.96 Å². The van der Waals surface area contributed by atoms with E-state index in [4.69, 9.17) is 4.74 Å². The molecule has 0 unspecified atom stereocenters. The first-order valence-corrected chi connectivity index (χ1v) is 6.81. The van der Waals surface area contributed by atoms with Crippen LogP contribution in [-0.4, -0.2) is 23.2 Å². The van der Waals surface area contributed by atoms with Gasteiger partial charge in [0.2, 0.25) is 0 Å². The summed E-state index contributed by atoms with van der Waals surface area (Å²) in [5, 5.41) is 12.1. The summed E-state index contributed by atoms with van der Waals surface area (Å²) in [6, 6.07) is 0. The van der Waals surface area contributed by atoms with Gasteiger partial charge in [0, 0.05) is 25.5 Å². The van der Waals surface area contributed by atoms with Crippen molar-refractivity contribution in [3.8, 4) is 5.88 Å². The van der Waals surface area contributed by atoms with Gasteiger partial charge in [0.05, 0.1) is 6.54 Å². The molecule has 0 fully saturated rings. The van der Waals surface area contributed by atoms with Crippen molar-refractivity contribution in [2.45, 2.75) is 26.3 Å². The minimum absolute atomic E-state index is 0.0843. The zero-order chi connectivity index (χ0) is 13.1. The highest BCUT2D eigenvalue weighted by molar-refractivity contribution is 7.14. The number of methoxy groups -OCH3 is 1. The number of rotatable bonds is 5. The first kappa shape index (κ1) is 13.0. The van der Waals surface area contributed by atoms with Crippen molar-refractivity contribution in [3.63, 3.8) is 0 Å². The summed E-state index contributed by atoms with van der Waals surface area (Å²) in [6.07, 6.45) is 3.06. The van der Waals surface area contributed by atoms with Crippen LogP contribution in [0.1, 0.15) is 18.9 Å². The number of nitrogens with zero attached hydrogens (tertiary/aromatic N) is 2. The number of fused-ring (bicyclic) bond motifs is 1. The first-order chi connectivity index (χ1) is 8.70. The number of ether oxygens (including phenoxy) is 1. The molecular formula is C12H17N2O3S+. The molecular weight excluding hydrogens is 252 g/mol. The third kappa shape index (κ3) is 2.13. The molecule has 2 aromatic rings. The molecule has 0 aliphatic rings. The molecule has 0 aromatic carbocycles. The van der Waals surface area contributed by atoms with E-state index in [0.29, 0.717) is 25.1 Å². The first-order valence-electron chi connectivity index (χ1n) is 5.93. The van der Waals surface area contributed by atoms with Crippen molar-refractivity contribution in [3.05, 3.63) is 27.5 Å². The van der Waals surface area contributed by atoms with E-state index in [9.17, 15) is 9.90 Å². The van der Waals surface area contributed by atoms with Crippen LogP contribution < -0.4 is 10.1 Å². The summed E-state index contributed by atoms with van der Waals surface area (Å²) in [5.41, 5.74) is 0.331. The van der Waals surface area contributed by atoms with Crippen molar-refractivity contribution in [1.82, 2.24) is 4.40 Å². The molecule has 18 heavy (non-hydrogen) atoms. The molecule has 2 rings (SSSR count). The molecule has 0 spiro atoms. The van der Waals surface area contributed by atoms with E-state index in [1.54, 1.807) is 22.3 Å². The van der Waals surface area contributed by atoms with E-state index >= 15 is 0 Å². The van der Waals surface area contributed by atoms with Gasteiger partial charge in [-0.3, -0.25) is 0 Å². The second-order valence-corrected chi connectivity index (χ2v) is 4.89. The van der Waals surface area contributed by atoms with Gasteiger partial charge >= 0.3 is 10.5 Å². The van der Waals surface area contributed by atoms with Crippen molar-refractivity contribution in [2.24, 2.45) is 0 Å². The average Bonchev–Trinajstić information content (AvgIpc) is 2.83. The monoisotopic (exact) mass is 269 g/mol. The largest absolute Gasteiger partial charge is 0.477 e. The Hall–Kier alpha value is -1.40. The van der Waals surface area contributed by atoms with E-state index < -0.39 is 0 Å². The molecule has 0 amide bonds. The summed E-state index contributed by atoms with van der Waals surface area (Å²) >= 11 is 1.44. The lowest BCUT2D eigenvalue weighted by atomic mass is 10.2. The lowest BCUT2D eigenvalue weighted by Crippen LogP contribution is -2.41. The van der Waals surface area contributed by atoms with E-state index in [1.807, 2.05) is 12.3 Å². The molecule has 6 heteroatoms. The lowest BCUT2D eigenvalue weighted by molar-refractivity contribution is -0.679. The fraction of sp³-hybridized carbons (Fsp3) is 0.500. The second kappa shape index (κ2) is 5.49. The standard InChI is InChI=1S/C12H16N2O3S/c1-3-9-10(15)13(5-4-7-17-2)12-14(11(9)16)6-8-18-12/h6,8H,3-5,7H2,1-2H3/p+1. The second-order valence-electron chi connectivity index (χ2n) is 4.01. The van der Waals surface area contributed by atoms with E-state index in [2.05, 4.69) is 0 Å². The van der Waals surface area contributed by atoms with Crippen LogP contribution in [0, 0.1) is 0 Å². The maximum Gasteiger partial charge on any atom is 0.351 e.